The molecule has 0 aromatic heterocycles. The van der Waals surface area contributed by atoms with Gasteiger partial charge in [-0.25, -0.2) is 8.42 Å². The Morgan fingerprint density at radius 1 is 1.12 bits per heavy atom. The number of nitrogens with zero attached hydrogens (tertiary/aromatic N) is 1. The first-order chi connectivity index (χ1) is 15.8. The maximum Gasteiger partial charge on any atom is 0.264 e. The summed E-state index contributed by atoms with van der Waals surface area (Å²) < 4.78 is 39.4. The predicted molar refractivity (Wildman–Crippen MR) is 127 cm³/mol. The second-order valence-corrected chi connectivity index (χ2v) is 9.82. The summed E-state index contributed by atoms with van der Waals surface area (Å²) in [4.78, 5) is 12.9. The average Bonchev–Trinajstić information content (AvgIpc) is 2.82. The molecule has 1 atom stereocenters. The Morgan fingerprint density at radius 2 is 1.85 bits per heavy atom. The van der Waals surface area contributed by atoms with Crippen LogP contribution in [0, 0.1) is 6.92 Å². The lowest BCUT2D eigenvalue weighted by Crippen LogP contribution is -2.51. The molecule has 0 bridgehead atoms. The SMILES string of the molecule is Cc1ccc(S(=O)(=O)N2C[C@@H](C(=O)NCCOc3ccccc3)Oc3ccc(Cl)cc32)cc1. The third-order valence-corrected chi connectivity index (χ3v) is 7.13. The molecular weight excluding hydrogens is 464 g/mol. The number of carbonyl (C=O) groups is 1. The smallest absolute Gasteiger partial charge is 0.264 e. The number of carbonyl (C=O) groups excluding carboxylic acids is 1. The number of benzene rings is 3. The van der Waals surface area contributed by atoms with Crippen LogP contribution in [0.15, 0.2) is 77.7 Å². The fourth-order valence-corrected chi connectivity index (χ4v) is 5.03. The largest absolute Gasteiger partial charge is 0.492 e. The molecule has 0 spiro atoms. The number of anilines is 1. The maximum absolute atomic E-state index is 13.4. The summed E-state index contributed by atoms with van der Waals surface area (Å²) in [6.45, 7) is 2.20. The van der Waals surface area contributed by atoms with Crippen LogP contribution in [0.4, 0.5) is 5.69 Å². The lowest BCUT2D eigenvalue weighted by atomic mass is 10.2. The van der Waals surface area contributed by atoms with Crippen molar-refractivity contribution in [2.45, 2.75) is 17.9 Å². The van der Waals surface area contributed by atoms with Gasteiger partial charge in [-0.3, -0.25) is 9.10 Å². The molecule has 1 amide bonds. The van der Waals surface area contributed by atoms with Crippen molar-refractivity contribution in [3.63, 3.8) is 0 Å². The van der Waals surface area contributed by atoms with Crippen LogP contribution < -0.4 is 19.1 Å². The molecule has 0 aliphatic carbocycles. The summed E-state index contributed by atoms with van der Waals surface area (Å²) in [7, 11) is -3.95. The van der Waals surface area contributed by atoms with Crippen molar-refractivity contribution in [3.8, 4) is 11.5 Å². The molecule has 1 aliphatic heterocycles. The van der Waals surface area contributed by atoms with E-state index in [1.165, 1.54) is 10.4 Å². The fraction of sp³-hybridized carbons (Fsp3) is 0.208. The lowest BCUT2D eigenvalue weighted by Gasteiger charge is -2.34. The van der Waals surface area contributed by atoms with Crippen LogP contribution in [-0.4, -0.2) is 40.1 Å². The second-order valence-electron chi connectivity index (χ2n) is 7.52. The minimum absolute atomic E-state index is 0.122. The first-order valence-electron chi connectivity index (χ1n) is 10.4. The topological polar surface area (TPSA) is 84.9 Å². The van der Waals surface area contributed by atoms with Crippen LogP contribution in [0.3, 0.4) is 0 Å². The van der Waals surface area contributed by atoms with Crippen molar-refractivity contribution in [1.82, 2.24) is 5.32 Å². The van der Waals surface area contributed by atoms with Crippen LogP contribution >= 0.6 is 11.6 Å². The Bertz CT molecular complexity index is 1230. The molecule has 1 heterocycles. The summed E-state index contributed by atoms with van der Waals surface area (Å²) in [5.74, 6) is 0.528. The van der Waals surface area contributed by atoms with Crippen LogP contribution in [0.2, 0.25) is 5.02 Å². The molecule has 3 aromatic rings. The van der Waals surface area contributed by atoms with Gasteiger partial charge in [0.1, 0.15) is 18.1 Å². The number of para-hydroxylation sites is 1. The third kappa shape index (κ3) is 5.23. The molecule has 0 fully saturated rings. The van der Waals surface area contributed by atoms with Crippen molar-refractivity contribution in [2.24, 2.45) is 0 Å². The van der Waals surface area contributed by atoms with Gasteiger partial charge in [-0.2, -0.15) is 0 Å². The van der Waals surface area contributed by atoms with Crippen LogP contribution in [0.25, 0.3) is 0 Å². The normalized spacial score (nSPS) is 15.3. The van der Waals surface area contributed by atoms with E-state index in [1.807, 2.05) is 37.3 Å². The summed E-state index contributed by atoms with van der Waals surface area (Å²) in [6.07, 6.45) is -1.03. The molecule has 0 saturated heterocycles. The minimum atomic E-state index is -3.95. The number of ether oxygens (including phenoxy) is 2. The van der Waals surface area contributed by atoms with Crippen molar-refractivity contribution >= 4 is 33.2 Å². The Kier molecular flexibility index (Phi) is 6.76. The number of sulfonamides is 1. The molecule has 9 heteroatoms. The molecule has 4 rings (SSSR count). The van der Waals surface area contributed by atoms with Crippen molar-refractivity contribution in [3.05, 3.63) is 83.4 Å². The number of amides is 1. The van der Waals surface area contributed by atoms with E-state index in [-0.39, 0.29) is 30.3 Å². The van der Waals surface area contributed by atoms with E-state index in [1.54, 1.807) is 36.4 Å². The van der Waals surface area contributed by atoms with Gasteiger partial charge in [-0.05, 0) is 49.4 Å². The van der Waals surface area contributed by atoms with Crippen LogP contribution in [0.1, 0.15) is 5.56 Å². The lowest BCUT2D eigenvalue weighted by molar-refractivity contribution is -0.127. The van der Waals surface area contributed by atoms with Gasteiger partial charge in [0, 0.05) is 5.02 Å². The number of nitrogens with one attached hydrogen (secondary N) is 1. The van der Waals surface area contributed by atoms with Gasteiger partial charge in [0.15, 0.2) is 6.10 Å². The molecular formula is C24H23ClN2O5S. The monoisotopic (exact) mass is 486 g/mol. The summed E-state index contributed by atoms with van der Waals surface area (Å²) >= 11 is 6.12. The summed E-state index contributed by atoms with van der Waals surface area (Å²) in [6, 6.07) is 20.4. The highest BCUT2D eigenvalue weighted by Gasteiger charge is 2.37. The Hall–Kier alpha value is -3.23. The van der Waals surface area contributed by atoms with E-state index < -0.39 is 22.0 Å². The Labute approximate surface area is 197 Å². The first kappa shape index (κ1) is 22.9. The number of aryl methyl sites for hydroxylation is 1. The zero-order valence-corrected chi connectivity index (χ0v) is 19.5. The number of halogens is 1. The fourth-order valence-electron chi connectivity index (χ4n) is 3.40. The third-order valence-electron chi connectivity index (χ3n) is 5.11. The number of hydrogen-bond donors (Lipinski definition) is 1. The maximum atomic E-state index is 13.4. The zero-order valence-electron chi connectivity index (χ0n) is 17.9. The molecule has 33 heavy (non-hydrogen) atoms. The quantitative estimate of drug-likeness (QED) is 0.513. The molecule has 0 saturated carbocycles. The highest BCUT2D eigenvalue weighted by Crippen LogP contribution is 2.38. The minimum Gasteiger partial charge on any atom is -0.492 e. The van der Waals surface area contributed by atoms with E-state index >= 15 is 0 Å². The summed E-state index contributed by atoms with van der Waals surface area (Å²) in [5, 5.41) is 3.11. The van der Waals surface area contributed by atoms with Gasteiger partial charge >= 0.3 is 0 Å². The van der Waals surface area contributed by atoms with E-state index in [0.29, 0.717) is 16.5 Å². The van der Waals surface area contributed by atoms with E-state index in [0.717, 1.165) is 5.56 Å². The van der Waals surface area contributed by atoms with E-state index in [9.17, 15) is 13.2 Å². The van der Waals surface area contributed by atoms with E-state index in [4.69, 9.17) is 21.1 Å². The molecule has 0 radical (unpaired) electrons. The van der Waals surface area contributed by atoms with Gasteiger partial charge in [-0.1, -0.05) is 47.5 Å². The van der Waals surface area contributed by atoms with Gasteiger partial charge in [-0.15, -0.1) is 0 Å². The van der Waals surface area contributed by atoms with Gasteiger partial charge < -0.3 is 14.8 Å². The van der Waals surface area contributed by atoms with Gasteiger partial charge in [0.05, 0.1) is 23.7 Å². The molecule has 172 valence electrons. The van der Waals surface area contributed by atoms with Crippen molar-refractivity contribution < 1.29 is 22.7 Å². The molecule has 7 nitrogen and oxygen atoms in total. The average molecular weight is 487 g/mol. The van der Waals surface area contributed by atoms with Gasteiger partial charge in [0.2, 0.25) is 0 Å². The van der Waals surface area contributed by atoms with Gasteiger partial charge in [0.25, 0.3) is 15.9 Å². The van der Waals surface area contributed by atoms with Crippen molar-refractivity contribution in [2.75, 3.05) is 24.0 Å². The Balaban J connectivity index is 1.51. The zero-order chi connectivity index (χ0) is 23.4. The number of hydrogen-bond acceptors (Lipinski definition) is 5. The summed E-state index contributed by atoms with van der Waals surface area (Å²) in [5.41, 5.74) is 1.23. The Morgan fingerprint density at radius 3 is 2.58 bits per heavy atom. The number of fused-ring (bicyclic) bond motifs is 1. The first-order valence-corrected chi connectivity index (χ1v) is 12.2. The molecule has 1 aliphatic rings. The molecule has 3 aromatic carbocycles. The van der Waals surface area contributed by atoms with Crippen molar-refractivity contribution in [1.29, 1.82) is 0 Å². The second kappa shape index (κ2) is 9.72. The standard InChI is InChI=1S/C24H23ClN2O5S/c1-17-7-10-20(11-8-17)33(29,30)27-16-23(32-22-12-9-18(25)15-21(22)27)24(28)26-13-14-31-19-5-3-2-4-6-19/h2-12,15,23H,13-14,16H2,1H3,(H,26,28)/t23-/m0/s1. The van der Waals surface area contributed by atoms with Crippen LogP contribution in [-0.2, 0) is 14.8 Å². The molecule has 0 unspecified atom stereocenters. The number of rotatable bonds is 7. The van der Waals surface area contributed by atoms with E-state index in [2.05, 4.69) is 5.32 Å². The van der Waals surface area contributed by atoms with Crippen LogP contribution in [0.5, 0.6) is 11.5 Å². The molecule has 1 N–H and O–H groups in total. The highest BCUT2D eigenvalue weighted by atomic mass is 35.5. The highest BCUT2D eigenvalue weighted by molar-refractivity contribution is 7.92. The predicted octanol–water partition coefficient (Wildman–Crippen LogP) is 3.80.